The van der Waals surface area contributed by atoms with Crippen molar-refractivity contribution in [2.45, 2.75) is 33.1 Å². The fourth-order valence-electron chi connectivity index (χ4n) is 2.00. The number of ether oxygens (including phenoxy) is 2. The average molecular weight is 285 g/mol. The molecule has 4 heteroatoms. The van der Waals surface area contributed by atoms with Gasteiger partial charge in [-0.25, -0.2) is 0 Å². The van der Waals surface area contributed by atoms with Crippen LogP contribution in [0.1, 0.15) is 43.5 Å². The summed E-state index contributed by atoms with van der Waals surface area (Å²) in [6, 6.07) is 3.42. The summed E-state index contributed by atoms with van der Waals surface area (Å²) in [5, 5.41) is 0.346. The molecule has 0 radical (unpaired) electrons. The van der Waals surface area contributed by atoms with Gasteiger partial charge < -0.3 is 9.47 Å². The van der Waals surface area contributed by atoms with Crippen molar-refractivity contribution in [3.05, 3.63) is 22.7 Å². The molecular formula is C15H21ClO3. The minimum atomic E-state index is -0.0293. The summed E-state index contributed by atoms with van der Waals surface area (Å²) < 4.78 is 10.4. The maximum absolute atomic E-state index is 12.4. The summed E-state index contributed by atoms with van der Waals surface area (Å²) in [5.41, 5.74) is 0.525. The van der Waals surface area contributed by atoms with E-state index in [0.29, 0.717) is 22.1 Å². The Morgan fingerprint density at radius 3 is 2.53 bits per heavy atom. The molecule has 0 aliphatic carbocycles. The summed E-state index contributed by atoms with van der Waals surface area (Å²) in [5.74, 6) is 0.943. The van der Waals surface area contributed by atoms with E-state index < -0.39 is 0 Å². The van der Waals surface area contributed by atoms with E-state index in [9.17, 15) is 4.79 Å². The van der Waals surface area contributed by atoms with Crippen LogP contribution in [-0.4, -0.2) is 20.0 Å². The minimum absolute atomic E-state index is 0.0293. The lowest BCUT2D eigenvalue weighted by Crippen LogP contribution is -2.13. The number of hydrogen-bond donors (Lipinski definition) is 0. The number of halogens is 1. The predicted molar refractivity (Wildman–Crippen MR) is 77.6 cm³/mol. The Bertz CT molecular complexity index is 443. The van der Waals surface area contributed by atoms with Gasteiger partial charge >= 0.3 is 0 Å². The normalized spacial score (nSPS) is 12.1. The minimum Gasteiger partial charge on any atom is -0.495 e. The molecule has 3 nitrogen and oxygen atoms in total. The van der Waals surface area contributed by atoms with E-state index in [2.05, 4.69) is 6.92 Å². The fourth-order valence-corrected chi connectivity index (χ4v) is 2.32. The maximum Gasteiger partial charge on any atom is 0.169 e. The van der Waals surface area contributed by atoms with Crippen LogP contribution in [0.3, 0.4) is 0 Å². The van der Waals surface area contributed by atoms with Crippen LogP contribution < -0.4 is 9.47 Å². The van der Waals surface area contributed by atoms with Crippen LogP contribution >= 0.6 is 11.6 Å². The first-order chi connectivity index (χ1) is 9.06. The highest BCUT2D eigenvalue weighted by molar-refractivity contribution is 6.34. The number of rotatable bonds is 7. The van der Waals surface area contributed by atoms with Gasteiger partial charge in [0, 0.05) is 5.92 Å². The molecular weight excluding hydrogens is 264 g/mol. The molecule has 0 saturated heterocycles. The standard InChI is InChI=1S/C15H21ClO3/c1-5-6-7-10(2)14(17)11-8-9-12(18-3)13(16)15(11)19-4/h8-10H,5-7H2,1-4H3. The first-order valence-electron chi connectivity index (χ1n) is 6.51. The number of methoxy groups -OCH3 is 2. The number of benzene rings is 1. The largest absolute Gasteiger partial charge is 0.495 e. The molecule has 1 rings (SSSR count). The van der Waals surface area contributed by atoms with Gasteiger partial charge in [0.15, 0.2) is 11.5 Å². The SMILES string of the molecule is CCCCC(C)C(=O)c1ccc(OC)c(Cl)c1OC. The number of ketones is 1. The summed E-state index contributed by atoms with van der Waals surface area (Å²) in [6.45, 7) is 4.05. The summed E-state index contributed by atoms with van der Waals surface area (Å²) >= 11 is 6.17. The van der Waals surface area contributed by atoms with Gasteiger partial charge in [0.2, 0.25) is 0 Å². The van der Waals surface area contributed by atoms with Crippen molar-refractivity contribution >= 4 is 17.4 Å². The van der Waals surface area contributed by atoms with Gasteiger partial charge in [0.05, 0.1) is 19.8 Å². The highest BCUT2D eigenvalue weighted by Gasteiger charge is 2.22. The quantitative estimate of drug-likeness (QED) is 0.698. The zero-order valence-electron chi connectivity index (χ0n) is 12.0. The van der Waals surface area contributed by atoms with Gasteiger partial charge in [-0.15, -0.1) is 0 Å². The molecule has 0 saturated carbocycles. The molecule has 19 heavy (non-hydrogen) atoms. The molecule has 0 aliphatic heterocycles. The molecule has 1 aromatic carbocycles. The van der Waals surface area contributed by atoms with Crippen LogP contribution in [0.4, 0.5) is 0 Å². The van der Waals surface area contributed by atoms with Crippen molar-refractivity contribution in [3.63, 3.8) is 0 Å². The molecule has 0 amide bonds. The van der Waals surface area contributed by atoms with E-state index in [1.54, 1.807) is 12.1 Å². The molecule has 0 N–H and O–H groups in total. The van der Waals surface area contributed by atoms with Crippen LogP contribution in [0.25, 0.3) is 0 Å². The number of carbonyl (C=O) groups is 1. The molecule has 1 unspecified atom stereocenters. The van der Waals surface area contributed by atoms with Crippen LogP contribution in [-0.2, 0) is 0 Å². The monoisotopic (exact) mass is 284 g/mol. The first-order valence-corrected chi connectivity index (χ1v) is 6.89. The zero-order chi connectivity index (χ0) is 14.4. The lowest BCUT2D eigenvalue weighted by molar-refractivity contribution is 0.0919. The molecule has 0 aliphatic rings. The topological polar surface area (TPSA) is 35.5 Å². The highest BCUT2D eigenvalue weighted by Crippen LogP contribution is 2.38. The predicted octanol–water partition coefficient (Wildman–Crippen LogP) is 4.37. The number of hydrogen-bond acceptors (Lipinski definition) is 3. The molecule has 0 fully saturated rings. The molecule has 1 aromatic rings. The van der Waals surface area contributed by atoms with Crippen molar-refractivity contribution in [1.29, 1.82) is 0 Å². The molecule has 1 atom stereocenters. The average Bonchev–Trinajstić information content (AvgIpc) is 2.43. The molecule has 0 bridgehead atoms. The van der Waals surface area contributed by atoms with Crippen LogP contribution in [0.15, 0.2) is 12.1 Å². The van der Waals surface area contributed by atoms with Gasteiger partial charge in [-0.3, -0.25) is 4.79 Å². The third kappa shape index (κ3) is 3.63. The lowest BCUT2D eigenvalue weighted by Gasteiger charge is -2.15. The Hall–Kier alpha value is -1.22. The van der Waals surface area contributed by atoms with E-state index in [1.807, 2.05) is 6.92 Å². The number of carbonyl (C=O) groups excluding carboxylic acids is 1. The van der Waals surface area contributed by atoms with E-state index >= 15 is 0 Å². The Labute approximate surface area is 119 Å². The molecule has 0 heterocycles. The second kappa shape index (κ2) is 7.39. The van der Waals surface area contributed by atoms with Crippen molar-refractivity contribution in [1.82, 2.24) is 0 Å². The van der Waals surface area contributed by atoms with Gasteiger partial charge in [0.1, 0.15) is 10.8 Å². The van der Waals surface area contributed by atoms with Crippen molar-refractivity contribution in [2.75, 3.05) is 14.2 Å². The highest BCUT2D eigenvalue weighted by atomic mass is 35.5. The lowest BCUT2D eigenvalue weighted by atomic mass is 9.94. The van der Waals surface area contributed by atoms with Gasteiger partial charge in [-0.2, -0.15) is 0 Å². The second-order valence-corrected chi connectivity index (χ2v) is 4.95. The second-order valence-electron chi connectivity index (χ2n) is 4.57. The van der Waals surface area contributed by atoms with E-state index in [4.69, 9.17) is 21.1 Å². The molecule has 0 aromatic heterocycles. The molecule has 106 valence electrons. The summed E-state index contributed by atoms with van der Waals surface area (Å²) in [7, 11) is 3.04. The Morgan fingerprint density at radius 1 is 1.32 bits per heavy atom. The molecule has 0 spiro atoms. The Morgan fingerprint density at radius 2 is 2.00 bits per heavy atom. The van der Waals surface area contributed by atoms with Gasteiger partial charge in [-0.05, 0) is 18.6 Å². The Kier molecular flexibility index (Phi) is 6.16. The first kappa shape index (κ1) is 15.8. The summed E-state index contributed by atoms with van der Waals surface area (Å²) in [6.07, 6.45) is 3.00. The van der Waals surface area contributed by atoms with Crippen LogP contribution in [0.5, 0.6) is 11.5 Å². The zero-order valence-corrected chi connectivity index (χ0v) is 12.7. The fraction of sp³-hybridized carbons (Fsp3) is 0.533. The van der Waals surface area contributed by atoms with E-state index in [0.717, 1.165) is 19.3 Å². The van der Waals surface area contributed by atoms with Gasteiger partial charge in [-0.1, -0.05) is 38.3 Å². The van der Waals surface area contributed by atoms with Crippen LogP contribution in [0.2, 0.25) is 5.02 Å². The van der Waals surface area contributed by atoms with E-state index in [-0.39, 0.29) is 11.7 Å². The summed E-state index contributed by atoms with van der Waals surface area (Å²) in [4.78, 5) is 12.4. The van der Waals surface area contributed by atoms with Crippen molar-refractivity contribution < 1.29 is 14.3 Å². The third-order valence-electron chi connectivity index (χ3n) is 3.19. The van der Waals surface area contributed by atoms with Gasteiger partial charge in [0.25, 0.3) is 0 Å². The Balaban J connectivity index is 3.06. The third-order valence-corrected chi connectivity index (χ3v) is 3.55. The maximum atomic E-state index is 12.4. The smallest absolute Gasteiger partial charge is 0.169 e. The van der Waals surface area contributed by atoms with Crippen molar-refractivity contribution in [2.24, 2.45) is 5.92 Å². The number of unbranched alkanes of at least 4 members (excludes halogenated alkanes) is 1. The van der Waals surface area contributed by atoms with E-state index in [1.165, 1.54) is 14.2 Å². The van der Waals surface area contributed by atoms with Crippen molar-refractivity contribution in [3.8, 4) is 11.5 Å². The number of Topliss-reactive ketones (excluding diaryl/α,β-unsaturated/α-hetero) is 1. The van der Waals surface area contributed by atoms with Crippen LogP contribution in [0, 0.1) is 5.92 Å².